The molecule has 2 aromatic heterocycles. The number of pyridine rings is 1. The van der Waals surface area contributed by atoms with Crippen LogP contribution in [-0.4, -0.2) is 27.3 Å². The highest BCUT2D eigenvalue weighted by Crippen LogP contribution is 2.22. The SMILES string of the molecule is CC(=O)c1c(C)[nH]c(C(=O)CSc2cc(C#N)ccn2)c1C. The Balaban J connectivity index is 2.15. The molecule has 0 aliphatic carbocycles. The topological polar surface area (TPSA) is 86.6 Å². The third-order valence-corrected chi connectivity index (χ3v) is 4.21. The van der Waals surface area contributed by atoms with Crippen molar-refractivity contribution in [2.45, 2.75) is 25.8 Å². The number of rotatable bonds is 5. The van der Waals surface area contributed by atoms with Gasteiger partial charge in [-0.15, -0.1) is 0 Å². The average Bonchev–Trinajstić information content (AvgIpc) is 2.80. The zero-order chi connectivity index (χ0) is 16.3. The van der Waals surface area contributed by atoms with E-state index in [0.717, 1.165) is 0 Å². The molecule has 0 radical (unpaired) electrons. The van der Waals surface area contributed by atoms with Crippen molar-refractivity contribution < 1.29 is 9.59 Å². The van der Waals surface area contributed by atoms with Gasteiger partial charge in [-0.25, -0.2) is 4.98 Å². The Hall–Kier alpha value is -2.39. The molecule has 112 valence electrons. The highest BCUT2D eigenvalue weighted by Gasteiger charge is 2.19. The number of aryl methyl sites for hydroxylation is 1. The number of aromatic amines is 1. The summed E-state index contributed by atoms with van der Waals surface area (Å²) in [6, 6.07) is 5.30. The van der Waals surface area contributed by atoms with Gasteiger partial charge in [-0.05, 0) is 38.5 Å². The second kappa shape index (κ2) is 6.58. The van der Waals surface area contributed by atoms with Crippen LogP contribution in [0.25, 0.3) is 0 Å². The Labute approximate surface area is 132 Å². The van der Waals surface area contributed by atoms with Gasteiger partial charge >= 0.3 is 0 Å². The number of Topliss-reactive ketones (excluding diaryl/α,β-unsaturated/α-hetero) is 2. The zero-order valence-electron chi connectivity index (χ0n) is 12.6. The van der Waals surface area contributed by atoms with Crippen LogP contribution in [0.15, 0.2) is 23.4 Å². The van der Waals surface area contributed by atoms with E-state index >= 15 is 0 Å². The third kappa shape index (κ3) is 3.26. The maximum atomic E-state index is 12.3. The number of thioether (sulfide) groups is 1. The Morgan fingerprint density at radius 1 is 1.41 bits per heavy atom. The summed E-state index contributed by atoms with van der Waals surface area (Å²) in [6.07, 6.45) is 1.54. The number of hydrogen-bond donors (Lipinski definition) is 1. The lowest BCUT2D eigenvalue weighted by Gasteiger charge is -2.01. The molecule has 0 saturated carbocycles. The van der Waals surface area contributed by atoms with E-state index in [-0.39, 0.29) is 17.3 Å². The van der Waals surface area contributed by atoms with Crippen LogP contribution in [0.5, 0.6) is 0 Å². The minimum absolute atomic E-state index is 0.0543. The van der Waals surface area contributed by atoms with Crippen LogP contribution in [0.2, 0.25) is 0 Å². The predicted octanol–water partition coefficient (Wildman–Crippen LogP) is 3.08. The van der Waals surface area contributed by atoms with Crippen LogP contribution in [0.1, 0.15) is 44.6 Å². The van der Waals surface area contributed by atoms with Crippen molar-refractivity contribution in [3.05, 3.63) is 46.4 Å². The highest BCUT2D eigenvalue weighted by atomic mass is 32.2. The summed E-state index contributed by atoms with van der Waals surface area (Å²) in [6.45, 7) is 5.04. The number of hydrogen-bond acceptors (Lipinski definition) is 5. The fraction of sp³-hybridized carbons (Fsp3) is 0.250. The summed E-state index contributed by atoms with van der Waals surface area (Å²) in [5.41, 5.74) is 2.96. The summed E-state index contributed by atoms with van der Waals surface area (Å²) in [5.74, 6) is 0.0450. The standard InChI is InChI=1S/C16H15N3O2S/c1-9-15(11(3)20)10(2)19-16(9)13(21)8-22-14-6-12(7-17)4-5-18-14/h4-6,19H,8H2,1-3H3. The van der Waals surface area contributed by atoms with Crippen LogP contribution in [-0.2, 0) is 0 Å². The second-order valence-corrected chi connectivity index (χ2v) is 5.88. The lowest BCUT2D eigenvalue weighted by molar-refractivity contribution is 0.101. The quantitative estimate of drug-likeness (QED) is 0.677. The van der Waals surface area contributed by atoms with Gasteiger partial charge in [-0.1, -0.05) is 11.8 Å². The van der Waals surface area contributed by atoms with Gasteiger partial charge in [0, 0.05) is 17.5 Å². The molecule has 6 heteroatoms. The number of carbonyl (C=O) groups is 2. The zero-order valence-corrected chi connectivity index (χ0v) is 13.4. The summed E-state index contributed by atoms with van der Waals surface area (Å²) in [7, 11) is 0. The van der Waals surface area contributed by atoms with Gasteiger partial charge in [0.25, 0.3) is 0 Å². The lowest BCUT2D eigenvalue weighted by atomic mass is 10.1. The van der Waals surface area contributed by atoms with Crippen molar-refractivity contribution in [1.82, 2.24) is 9.97 Å². The smallest absolute Gasteiger partial charge is 0.189 e. The van der Waals surface area contributed by atoms with E-state index in [1.54, 1.807) is 32.2 Å². The minimum atomic E-state index is -0.0951. The molecule has 2 heterocycles. The van der Waals surface area contributed by atoms with Gasteiger partial charge in [-0.3, -0.25) is 9.59 Å². The van der Waals surface area contributed by atoms with Gasteiger partial charge < -0.3 is 4.98 Å². The number of carbonyl (C=O) groups excluding carboxylic acids is 2. The molecule has 0 aliphatic rings. The molecule has 2 rings (SSSR count). The number of ketones is 2. The molecule has 0 bridgehead atoms. The fourth-order valence-corrected chi connectivity index (χ4v) is 3.10. The number of nitrogens with one attached hydrogen (secondary N) is 1. The van der Waals surface area contributed by atoms with Gasteiger partial charge in [0.1, 0.15) is 0 Å². The molecule has 0 amide bonds. The monoisotopic (exact) mass is 313 g/mol. The molecular formula is C16H15N3O2S. The van der Waals surface area contributed by atoms with Gasteiger partial charge in [-0.2, -0.15) is 5.26 Å². The highest BCUT2D eigenvalue weighted by molar-refractivity contribution is 7.99. The van der Waals surface area contributed by atoms with Crippen LogP contribution >= 0.6 is 11.8 Å². The molecule has 0 atom stereocenters. The van der Waals surface area contributed by atoms with Gasteiger partial charge in [0.05, 0.1) is 28.1 Å². The molecular weight excluding hydrogens is 298 g/mol. The lowest BCUT2D eigenvalue weighted by Crippen LogP contribution is -2.05. The van der Waals surface area contributed by atoms with E-state index in [1.165, 1.54) is 18.7 Å². The maximum absolute atomic E-state index is 12.3. The molecule has 0 aliphatic heterocycles. The maximum Gasteiger partial charge on any atom is 0.189 e. The number of nitrogens with zero attached hydrogens (tertiary/aromatic N) is 2. The van der Waals surface area contributed by atoms with E-state index < -0.39 is 0 Å². The van der Waals surface area contributed by atoms with Crippen LogP contribution in [0, 0.1) is 25.2 Å². The fourth-order valence-electron chi connectivity index (χ4n) is 2.33. The van der Waals surface area contributed by atoms with E-state index in [2.05, 4.69) is 9.97 Å². The Kier molecular flexibility index (Phi) is 4.78. The van der Waals surface area contributed by atoms with E-state index in [9.17, 15) is 9.59 Å². The minimum Gasteiger partial charge on any atom is -0.355 e. The number of H-pyrrole nitrogens is 1. The molecule has 0 saturated heterocycles. The van der Waals surface area contributed by atoms with Crippen molar-refractivity contribution in [3.63, 3.8) is 0 Å². The van der Waals surface area contributed by atoms with Gasteiger partial charge in [0.15, 0.2) is 11.6 Å². The first-order chi connectivity index (χ1) is 10.4. The largest absolute Gasteiger partial charge is 0.355 e. The first kappa shape index (κ1) is 16.0. The average molecular weight is 313 g/mol. The van der Waals surface area contributed by atoms with Crippen LogP contribution in [0.3, 0.4) is 0 Å². The van der Waals surface area contributed by atoms with Crippen molar-refractivity contribution in [2.75, 3.05) is 5.75 Å². The van der Waals surface area contributed by atoms with Crippen molar-refractivity contribution in [1.29, 1.82) is 5.26 Å². The van der Waals surface area contributed by atoms with Gasteiger partial charge in [0.2, 0.25) is 0 Å². The van der Waals surface area contributed by atoms with E-state index in [0.29, 0.717) is 33.1 Å². The van der Waals surface area contributed by atoms with E-state index in [1.807, 2.05) is 6.07 Å². The number of aromatic nitrogens is 2. The molecule has 2 aromatic rings. The molecule has 22 heavy (non-hydrogen) atoms. The Morgan fingerprint density at radius 3 is 2.73 bits per heavy atom. The summed E-state index contributed by atoms with van der Waals surface area (Å²) < 4.78 is 0. The second-order valence-electron chi connectivity index (χ2n) is 4.89. The molecule has 0 aromatic carbocycles. The molecule has 5 nitrogen and oxygen atoms in total. The summed E-state index contributed by atoms with van der Waals surface area (Å²) in [5, 5.41) is 9.47. The van der Waals surface area contributed by atoms with Crippen molar-refractivity contribution in [2.24, 2.45) is 0 Å². The third-order valence-electron chi connectivity index (χ3n) is 3.28. The predicted molar refractivity (Wildman–Crippen MR) is 84.3 cm³/mol. The van der Waals surface area contributed by atoms with Crippen molar-refractivity contribution >= 4 is 23.3 Å². The van der Waals surface area contributed by atoms with Crippen molar-refractivity contribution in [3.8, 4) is 6.07 Å². The Morgan fingerprint density at radius 2 is 2.14 bits per heavy atom. The molecule has 0 unspecified atom stereocenters. The first-order valence-corrected chi connectivity index (χ1v) is 7.64. The number of nitriles is 1. The summed E-state index contributed by atoms with van der Waals surface area (Å²) in [4.78, 5) is 31.0. The molecule has 0 spiro atoms. The van der Waals surface area contributed by atoms with Crippen LogP contribution < -0.4 is 0 Å². The molecule has 0 fully saturated rings. The normalized spacial score (nSPS) is 10.3. The first-order valence-electron chi connectivity index (χ1n) is 6.66. The summed E-state index contributed by atoms with van der Waals surface area (Å²) >= 11 is 1.27. The van der Waals surface area contributed by atoms with E-state index in [4.69, 9.17) is 5.26 Å². The van der Waals surface area contributed by atoms with Crippen LogP contribution in [0.4, 0.5) is 0 Å². The Bertz CT molecular complexity index is 787. The molecule has 1 N–H and O–H groups in total.